The van der Waals surface area contributed by atoms with Crippen molar-refractivity contribution in [3.8, 4) is 0 Å². The van der Waals surface area contributed by atoms with Crippen molar-refractivity contribution in [3.63, 3.8) is 0 Å². The van der Waals surface area contributed by atoms with Crippen LogP contribution in [0, 0.1) is 0 Å². The average Bonchev–Trinajstić information content (AvgIpc) is 1.76. The van der Waals surface area contributed by atoms with Crippen LogP contribution in [0.5, 0.6) is 0 Å². The highest BCUT2D eigenvalue weighted by molar-refractivity contribution is 4.92. The maximum atomic E-state index is 2.61. The van der Waals surface area contributed by atoms with E-state index in [1.54, 1.807) is 0 Å². The van der Waals surface area contributed by atoms with Gasteiger partial charge in [-0.15, -0.1) is 0 Å². The monoisotopic (exact) mass is 182 g/mol. The molecule has 0 bridgehead atoms. The lowest BCUT2D eigenvalue weighted by atomic mass is 9.89. The molecule has 0 radical (unpaired) electrons. The summed E-state index contributed by atoms with van der Waals surface area (Å²) in [6.45, 7) is 7.18. The molecule has 2 aliphatic rings. The number of likely N-dealkylation sites (N-methyl/N-ethyl adjacent to an activating group) is 1. The average molecular weight is 182 g/mol. The van der Waals surface area contributed by atoms with Crippen LogP contribution in [-0.2, 0) is 0 Å². The van der Waals surface area contributed by atoms with Crippen LogP contribution in [0.25, 0.3) is 0 Å². The SMILES string of the molecule is CC(C)N1CC(N(C)C2CCC2)C1. The third-order valence-electron chi connectivity index (χ3n) is 3.85. The third-order valence-corrected chi connectivity index (χ3v) is 3.85. The second-order valence-corrected chi connectivity index (χ2v) is 4.95. The lowest BCUT2D eigenvalue weighted by Gasteiger charge is -2.50. The normalized spacial score (nSPS) is 26.5. The molecule has 0 N–H and O–H groups in total. The van der Waals surface area contributed by atoms with Gasteiger partial charge in [-0.1, -0.05) is 6.42 Å². The predicted molar refractivity (Wildman–Crippen MR) is 55.9 cm³/mol. The van der Waals surface area contributed by atoms with Gasteiger partial charge in [0.25, 0.3) is 0 Å². The van der Waals surface area contributed by atoms with E-state index < -0.39 is 0 Å². The van der Waals surface area contributed by atoms with Gasteiger partial charge >= 0.3 is 0 Å². The quantitative estimate of drug-likeness (QED) is 0.653. The molecule has 76 valence electrons. The van der Waals surface area contributed by atoms with E-state index in [0.29, 0.717) is 0 Å². The van der Waals surface area contributed by atoms with E-state index in [-0.39, 0.29) is 0 Å². The van der Waals surface area contributed by atoms with Crippen molar-refractivity contribution in [2.24, 2.45) is 0 Å². The van der Waals surface area contributed by atoms with E-state index in [1.807, 2.05) is 0 Å². The van der Waals surface area contributed by atoms with Gasteiger partial charge in [0.1, 0.15) is 0 Å². The van der Waals surface area contributed by atoms with Gasteiger partial charge < -0.3 is 0 Å². The summed E-state index contributed by atoms with van der Waals surface area (Å²) in [5.41, 5.74) is 0. The maximum absolute atomic E-state index is 2.61. The third kappa shape index (κ3) is 1.75. The summed E-state index contributed by atoms with van der Waals surface area (Å²) < 4.78 is 0. The number of likely N-dealkylation sites (tertiary alicyclic amines) is 1. The van der Waals surface area contributed by atoms with Crippen molar-refractivity contribution in [1.29, 1.82) is 0 Å². The molecule has 2 heteroatoms. The van der Waals surface area contributed by atoms with Crippen molar-refractivity contribution in [1.82, 2.24) is 9.80 Å². The Bertz CT molecular complexity index is 169. The van der Waals surface area contributed by atoms with Crippen LogP contribution < -0.4 is 0 Å². The van der Waals surface area contributed by atoms with E-state index in [2.05, 4.69) is 30.7 Å². The molecular weight excluding hydrogens is 160 g/mol. The molecular formula is C11H22N2. The van der Waals surface area contributed by atoms with Crippen molar-refractivity contribution in [2.45, 2.75) is 51.2 Å². The van der Waals surface area contributed by atoms with Gasteiger partial charge in [0.2, 0.25) is 0 Å². The fraction of sp³-hybridized carbons (Fsp3) is 1.00. The zero-order valence-electron chi connectivity index (χ0n) is 9.16. The Hall–Kier alpha value is -0.0800. The molecule has 0 aromatic heterocycles. The van der Waals surface area contributed by atoms with Gasteiger partial charge in [-0.05, 0) is 33.7 Å². The van der Waals surface area contributed by atoms with Crippen LogP contribution in [0.2, 0.25) is 0 Å². The summed E-state index contributed by atoms with van der Waals surface area (Å²) in [4.78, 5) is 5.17. The Labute approximate surface area is 81.9 Å². The summed E-state index contributed by atoms with van der Waals surface area (Å²) in [5, 5.41) is 0. The highest BCUT2D eigenvalue weighted by Gasteiger charge is 2.35. The Morgan fingerprint density at radius 3 is 2.15 bits per heavy atom. The predicted octanol–water partition coefficient (Wildman–Crippen LogP) is 1.56. The van der Waals surface area contributed by atoms with E-state index in [9.17, 15) is 0 Å². The number of hydrogen-bond acceptors (Lipinski definition) is 2. The smallest absolute Gasteiger partial charge is 0.0350 e. The summed E-state index contributed by atoms with van der Waals surface area (Å²) in [6, 6.07) is 2.51. The molecule has 1 heterocycles. The van der Waals surface area contributed by atoms with Gasteiger partial charge in [-0.25, -0.2) is 0 Å². The largest absolute Gasteiger partial charge is 0.298 e. The second-order valence-electron chi connectivity index (χ2n) is 4.95. The Morgan fingerprint density at radius 1 is 1.15 bits per heavy atom. The molecule has 2 fully saturated rings. The highest BCUT2D eigenvalue weighted by atomic mass is 15.3. The highest BCUT2D eigenvalue weighted by Crippen LogP contribution is 2.28. The van der Waals surface area contributed by atoms with Crippen LogP contribution in [0.4, 0.5) is 0 Å². The topological polar surface area (TPSA) is 6.48 Å². The first-order valence-corrected chi connectivity index (χ1v) is 5.64. The number of hydrogen-bond donors (Lipinski definition) is 0. The summed E-state index contributed by atoms with van der Waals surface area (Å²) in [6.07, 6.45) is 4.33. The molecule has 0 aromatic rings. The minimum absolute atomic E-state index is 0.742. The molecule has 0 amide bonds. The first-order valence-electron chi connectivity index (χ1n) is 5.64. The molecule has 1 saturated heterocycles. The van der Waals surface area contributed by atoms with Crippen LogP contribution in [0.15, 0.2) is 0 Å². The molecule has 1 saturated carbocycles. The van der Waals surface area contributed by atoms with Crippen LogP contribution in [-0.4, -0.2) is 48.1 Å². The van der Waals surface area contributed by atoms with E-state index in [4.69, 9.17) is 0 Å². The summed E-state index contributed by atoms with van der Waals surface area (Å²) in [7, 11) is 2.31. The molecule has 2 rings (SSSR count). The van der Waals surface area contributed by atoms with Gasteiger partial charge in [0.05, 0.1) is 0 Å². The van der Waals surface area contributed by atoms with Crippen LogP contribution in [0.3, 0.4) is 0 Å². The Morgan fingerprint density at radius 2 is 1.77 bits per heavy atom. The van der Waals surface area contributed by atoms with Crippen molar-refractivity contribution in [2.75, 3.05) is 20.1 Å². The van der Waals surface area contributed by atoms with Gasteiger partial charge in [-0.3, -0.25) is 9.80 Å². The molecule has 0 aromatic carbocycles. The van der Waals surface area contributed by atoms with Crippen LogP contribution in [0.1, 0.15) is 33.1 Å². The van der Waals surface area contributed by atoms with Crippen molar-refractivity contribution >= 4 is 0 Å². The van der Waals surface area contributed by atoms with Gasteiger partial charge in [0, 0.05) is 31.2 Å². The lowest BCUT2D eigenvalue weighted by molar-refractivity contribution is -0.0106. The molecule has 1 aliphatic carbocycles. The van der Waals surface area contributed by atoms with Gasteiger partial charge in [-0.2, -0.15) is 0 Å². The fourth-order valence-electron chi connectivity index (χ4n) is 2.26. The first kappa shape index (κ1) is 9.47. The zero-order chi connectivity index (χ0) is 9.42. The van der Waals surface area contributed by atoms with E-state index in [0.717, 1.165) is 18.1 Å². The first-order chi connectivity index (χ1) is 6.18. The van der Waals surface area contributed by atoms with E-state index in [1.165, 1.54) is 32.4 Å². The lowest BCUT2D eigenvalue weighted by Crippen LogP contribution is -2.62. The van der Waals surface area contributed by atoms with Crippen molar-refractivity contribution < 1.29 is 0 Å². The van der Waals surface area contributed by atoms with E-state index >= 15 is 0 Å². The van der Waals surface area contributed by atoms with Gasteiger partial charge in [0.15, 0.2) is 0 Å². The fourth-order valence-corrected chi connectivity index (χ4v) is 2.26. The minimum Gasteiger partial charge on any atom is -0.298 e. The second kappa shape index (κ2) is 3.58. The van der Waals surface area contributed by atoms with Crippen LogP contribution >= 0.6 is 0 Å². The number of rotatable bonds is 3. The standard InChI is InChI=1S/C11H22N2/c1-9(2)13-7-11(8-13)12(3)10-5-4-6-10/h9-11H,4-8H2,1-3H3. The molecule has 2 nitrogen and oxygen atoms in total. The maximum Gasteiger partial charge on any atom is 0.0350 e. The molecule has 0 atom stereocenters. The Balaban J connectivity index is 1.72. The summed E-state index contributed by atoms with van der Waals surface area (Å²) >= 11 is 0. The van der Waals surface area contributed by atoms with Crippen molar-refractivity contribution in [3.05, 3.63) is 0 Å². The Kier molecular flexibility index (Phi) is 2.61. The molecule has 0 spiro atoms. The minimum atomic E-state index is 0.742. The number of nitrogens with zero attached hydrogens (tertiary/aromatic N) is 2. The molecule has 13 heavy (non-hydrogen) atoms. The zero-order valence-corrected chi connectivity index (χ0v) is 9.16. The summed E-state index contributed by atoms with van der Waals surface area (Å²) in [5.74, 6) is 0. The molecule has 0 unspecified atom stereocenters. The molecule has 1 aliphatic heterocycles.